The molecule has 4 aliphatic rings. The molecule has 0 aromatic heterocycles. The fraction of sp³-hybridized carbons (Fsp3) is 0.333. The molecular weight excluding hydrogens is 720 g/mol. The second kappa shape index (κ2) is 14.1. The largest absolute Gasteiger partial charge is 0.507 e. The van der Waals surface area contributed by atoms with Gasteiger partial charge in [0.1, 0.15) is 35.6 Å². The van der Waals surface area contributed by atoms with Crippen molar-refractivity contribution in [3.8, 4) is 17.2 Å². The number of carbonyl (C=O) groups excluding carboxylic acids is 6. The Morgan fingerprint density at radius 3 is 2.29 bits per heavy atom. The number of phenolic OH excluding ortho intramolecular Hbond substituents is 2. The monoisotopic (exact) mass is 756 g/mol. The van der Waals surface area contributed by atoms with Crippen molar-refractivity contribution in [3.63, 3.8) is 0 Å². The molecule has 2 aliphatic carbocycles. The Kier molecular flexibility index (Phi) is 9.64. The Morgan fingerprint density at radius 1 is 0.964 bits per heavy atom. The van der Waals surface area contributed by atoms with Gasteiger partial charge in [0.2, 0.25) is 11.7 Å². The third-order valence-electron chi connectivity index (χ3n) is 10.5. The van der Waals surface area contributed by atoms with Crippen LogP contribution in [0.3, 0.4) is 0 Å². The molecule has 16 nitrogen and oxygen atoms in total. The van der Waals surface area contributed by atoms with E-state index < -0.39 is 113 Å². The predicted molar refractivity (Wildman–Crippen MR) is 187 cm³/mol. The molecule has 16 heteroatoms. The van der Waals surface area contributed by atoms with E-state index in [0.717, 1.165) is 17.1 Å². The number of hydrogen-bond acceptors (Lipinski definition) is 14. The molecule has 2 heterocycles. The number of nitrogens with one attached hydrogen (secondary N) is 1. The summed E-state index contributed by atoms with van der Waals surface area (Å²) < 4.78 is 17.4. The van der Waals surface area contributed by atoms with Crippen molar-refractivity contribution in [2.75, 3.05) is 18.6 Å². The minimum atomic E-state index is -2.36. The number of phenols is 2. The molecule has 7 rings (SSSR count). The third-order valence-corrected chi connectivity index (χ3v) is 10.5. The maximum Gasteiger partial charge on any atom is 0.258 e. The van der Waals surface area contributed by atoms with E-state index in [2.05, 4.69) is 5.32 Å². The Hall–Kier alpha value is -5.78. The lowest BCUT2D eigenvalue weighted by atomic mass is 9.72. The van der Waals surface area contributed by atoms with E-state index in [1.165, 1.54) is 44.4 Å². The minimum absolute atomic E-state index is 0.0506. The summed E-state index contributed by atoms with van der Waals surface area (Å²) in [6, 6.07) is 9.52. The van der Waals surface area contributed by atoms with Crippen molar-refractivity contribution in [2.45, 2.75) is 68.9 Å². The van der Waals surface area contributed by atoms with E-state index >= 15 is 0 Å². The summed E-state index contributed by atoms with van der Waals surface area (Å²) in [5.41, 5.74) is -3.28. The number of carbonyl (C=O) groups is 6. The average Bonchev–Trinajstić information content (AvgIpc) is 3.50. The molecule has 0 unspecified atom stereocenters. The summed E-state index contributed by atoms with van der Waals surface area (Å²) in [6.07, 6.45) is -4.17. The summed E-state index contributed by atoms with van der Waals surface area (Å²) in [7, 11) is 1.30. The maximum absolute atomic E-state index is 13.9. The molecule has 1 fully saturated rings. The number of rotatable bonds is 9. The summed E-state index contributed by atoms with van der Waals surface area (Å²) in [5, 5.41) is 58.4. The first-order chi connectivity index (χ1) is 26.2. The normalized spacial score (nSPS) is 25.7. The van der Waals surface area contributed by atoms with Crippen molar-refractivity contribution in [1.29, 1.82) is 0 Å². The van der Waals surface area contributed by atoms with Gasteiger partial charge in [0, 0.05) is 48.1 Å². The summed E-state index contributed by atoms with van der Waals surface area (Å²) in [4.78, 5) is 78.8. The van der Waals surface area contributed by atoms with Gasteiger partial charge < -0.3 is 45.1 Å². The van der Waals surface area contributed by atoms with Crippen LogP contribution in [-0.4, -0.2) is 104 Å². The summed E-state index contributed by atoms with van der Waals surface area (Å²) >= 11 is 0. The van der Waals surface area contributed by atoms with Crippen LogP contribution in [0.25, 0.3) is 0 Å². The number of ether oxygens (including phenoxy) is 3. The van der Waals surface area contributed by atoms with E-state index in [-0.39, 0.29) is 40.8 Å². The number of anilines is 1. The van der Waals surface area contributed by atoms with Crippen molar-refractivity contribution in [2.24, 2.45) is 0 Å². The second-order valence-corrected chi connectivity index (χ2v) is 13.9. The van der Waals surface area contributed by atoms with E-state index in [1.807, 2.05) is 0 Å². The lowest BCUT2D eigenvalue weighted by Gasteiger charge is -2.43. The van der Waals surface area contributed by atoms with Crippen molar-refractivity contribution < 1.29 is 68.5 Å². The number of methoxy groups -OCH3 is 1. The highest BCUT2D eigenvalue weighted by Crippen LogP contribution is 2.52. The Morgan fingerprint density at radius 2 is 1.64 bits per heavy atom. The molecular formula is C39H36N2O14. The number of Topliss-reactive ketones (excluding diaryl/α,β-unsaturated/α-hetero) is 1. The number of imide groups is 1. The predicted octanol–water partition coefficient (Wildman–Crippen LogP) is 0.831. The molecule has 0 spiro atoms. The van der Waals surface area contributed by atoms with Crippen molar-refractivity contribution in [1.82, 2.24) is 5.32 Å². The zero-order chi connectivity index (χ0) is 39.5. The zero-order valence-corrected chi connectivity index (χ0v) is 29.5. The number of aliphatic hydroxyl groups is 3. The van der Waals surface area contributed by atoms with E-state index in [1.54, 1.807) is 12.1 Å². The fourth-order valence-electron chi connectivity index (χ4n) is 7.72. The van der Waals surface area contributed by atoms with Crippen LogP contribution in [0.15, 0.2) is 54.6 Å². The average molecular weight is 757 g/mol. The van der Waals surface area contributed by atoms with Crippen LogP contribution in [0, 0.1) is 0 Å². The Bertz CT molecular complexity index is 2180. The SMILES string of the molecule is COc1cccc2c1C(=O)c1c(O)c3c(c(O)c1C2=O)C[C@@](O)(C(=O)CO)C[C@@H]3O[C@H]1C[C@H](NC(=O)Cc2ccc(N3C(=O)C=CC3=O)cc2)[C@H](O)[C@H](C)O1. The highest BCUT2D eigenvalue weighted by atomic mass is 16.7. The maximum atomic E-state index is 13.9. The Balaban J connectivity index is 1.16. The molecule has 55 heavy (non-hydrogen) atoms. The first-order valence-electron chi connectivity index (χ1n) is 17.3. The third kappa shape index (κ3) is 6.36. The minimum Gasteiger partial charge on any atom is -0.507 e. The van der Waals surface area contributed by atoms with Gasteiger partial charge in [-0.1, -0.05) is 24.3 Å². The molecule has 6 N–H and O–H groups in total. The quantitative estimate of drug-likeness (QED) is 0.102. The first-order valence-corrected chi connectivity index (χ1v) is 17.3. The van der Waals surface area contributed by atoms with Crippen molar-refractivity contribution in [3.05, 3.63) is 93.6 Å². The van der Waals surface area contributed by atoms with Gasteiger partial charge >= 0.3 is 0 Å². The number of aliphatic hydroxyl groups excluding tert-OH is 2. The van der Waals surface area contributed by atoms with Crippen LogP contribution >= 0.6 is 0 Å². The lowest BCUT2D eigenvalue weighted by molar-refractivity contribution is -0.249. The zero-order valence-electron chi connectivity index (χ0n) is 29.5. The van der Waals surface area contributed by atoms with Gasteiger partial charge in [-0.2, -0.15) is 0 Å². The number of amides is 3. The molecule has 286 valence electrons. The summed E-state index contributed by atoms with van der Waals surface area (Å²) in [6.45, 7) is 0.426. The smallest absolute Gasteiger partial charge is 0.258 e. The molecule has 3 aromatic carbocycles. The van der Waals surface area contributed by atoms with E-state index in [4.69, 9.17) is 14.2 Å². The number of aromatic hydroxyl groups is 2. The molecule has 3 aromatic rings. The van der Waals surface area contributed by atoms with Crippen LogP contribution < -0.4 is 15.0 Å². The summed E-state index contributed by atoms with van der Waals surface area (Å²) in [5.74, 6) is -5.63. The number of hydrogen-bond donors (Lipinski definition) is 6. The van der Waals surface area contributed by atoms with Gasteiger partial charge in [-0.05, 0) is 30.7 Å². The number of nitrogens with zero attached hydrogens (tertiary/aromatic N) is 1. The number of ketones is 3. The van der Waals surface area contributed by atoms with E-state index in [9.17, 15) is 54.3 Å². The topological polar surface area (TPSA) is 247 Å². The lowest BCUT2D eigenvalue weighted by Crippen LogP contribution is -2.56. The van der Waals surface area contributed by atoms with Crippen LogP contribution in [0.5, 0.6) is 17.2 Å². The molecule has 1 saturated heterocycles. The first kappa shape index (κ1) is 37.5. The molecule has 0 radical (unpaired) electrons. The van der Waals surface area contributed by atoms with Gasteiger partial charge in [-0.15, -0.1) is 0 Å². The molecule has 3 amide bonds. The number of benzene rings is 3. The standard InChI is InChI=1S/C39H36N2O14/c1-17-34(47)22(40-26(44)12-18-6-8-19(9-7-18)41-27(45)10-11-28(41)46)13-29(54-17)55-24-15-39(52,25(43)16-42)14-21-31(24)38(51)33-32(36(21)49)35(48)20-4-3-5-23(53-2)30(20)37(33)50/h3-11,17,22,24,29,34,42,47,49,51-52H,12-16H2,1-2H3,(H,40,44)/t17-,22-,24-,29-,34+,39-/m0/s1. The van der Waals surface area contributed by atoms with Gasteiger partial charge in [-0.25, -0.2) is 4.90 Å². The van der Waals surface area contributed by atoms with Crippen LogP contribution in [0.4, 0.5) is 5.69 Å². The second-order valence-electron chi connectivity index (χ2n) is 13.9. The molecule has 0 bridgehead atoms. The van der Waals surface area contributed by atoms with Gasteiger partial charge in [0.05, 0.1) is 54.2 Å². The molecule has 0 saturated carbocycles. The molecule has 6 atom stereocenters. The molecule has 2 aliphatic heterocycles. The van der Waals surface area contributed by atoms with Gasteiger partial charge in [-0.3, -0.25) is 28.8 Å². The van der Waals surface area contributed by atoms with E-state index in [0.29, 0.717) is 11.3 Å². The van der Waals surface area contributed by atoms with Crippen molar-refractivity contribution >= 4 is 40.8 Å². The fourth-order valence-corrected chi connectivity index (χ4v) is 7.72. The van der Waals surface area contributed by atoms with Crippen LogP contribution in [0.1, 0.15) is 74.4 Å². The highest BCUT2D eigenvalue weighted by molar-refractivity contribution is 6.31. The Labute approximate surface area is 312 Å². The highest BCUT2D eigenvalue weighted by Gasteiger charge is 2.50. The van der Waals surface area contributed by atoms with Crippen LogP contribution in [0.2, 0.25) is 0 Å². The van der Waals surface area contributed by atoms with Crippen LogP contribution in [-0.2, 0) is 41.5 Å². The van der Waals surface area contributed by atoms with Gasteiger partial charge in [0.25, 0.3) is 11.8 Å². The number of fused-ring (bicyclic) bond motifs is 3. The van der Waals surface area contributed by atoms with Gasteiger partial charge in [0.15, 0.2) is 17.9 Å².